The molecule has 1 aromatic carbocycles. The third-order valence-electron chi connectivity index (χ3n) is 3.10. The van der Waals surface area contributed by atoms with Crippen molar-refractivity contribution in [3.8, 4) is 0 Å². The van der Waals surface area contributed by atoms with Crippen molar-refractivity contribution < 1.29 is 14.7 Å². The monoisotopic (exact) mass is 283 g/mol. The Labute approximate surface area is 117 Å². The number of carboxylic acids is 1. The Hall–Kier alpha value is -1.55. The van der Waals surface area contributed by atoms with E-state index in [-0.39, 0.29) is 18.2 Å². The molecule has 0 saturated carbocycles. The minimum absolute atomic E-state index is 0.163. The topological polar surface area (TPSA) is 66.4 Å². The van der Waals surface area contributed by atoms with Gasteiger partial charge in [-0.05, 0) is 24.5 Å². The molecule has 0 aliphatic carbocycles. The predicted octanol–water partition coefficient (Wildman–Crippen LogP) is 3.42. The second-order valence-electron chi connectivity index (χ2n) is 4.56. The van der Waals surface area contributed by atoms with Crippen LogP contribution in [0.1, 0.15) is 26.7 Å². The summed E-state index contributed by atoms with van der Waals surface area (Å²) in [5, 5.41) is 12.2. The number of para-hydroxylation sites is 1. The fourth-order valence-electron chi connectivity index (χ4n) is 2.02. The molecule has 2 N–H and O–H groups in total. The quantitative estimate of drug-likeness (QED) is 0.841. The Morgan fingerprint density at radius 3 is 2.53 bits per heavy atom. The first kappa shape index (κ1) is 15.5. The number of anilines is 1. The van der Waals surface area contributed by atoms with Crippen LogP contribution < -0.4 is 5.32 Å². The minimum Gasteiger partial charge on any atom is -0.481 e. The molecule has 0 fully saturated rings. The highest BCUT2D eigenvalue weighted by Gasteiger charge is 2.24. The molecule has 0 aromatic heterocycles. The van der Waals surface area contributed by atoms with Crippen molar-refractivity contribution in [3.63, 3.8) is 0 Å². The lowest BCUT2D eigenvalue weighted by Crippen LogP contribution is -2.25. The van der Waals surface area contributed by atoms with E-state index in [1.807, 2.05) is 0 Å². The average molecular weight is 284 g/mol. The molecule has 0 bridgehead atoms. The van der Waals surface area contributed by atoms with Crippen LogP contribution in [-0.2, 0) is 9.59 Å². The van der Waals surface area contributed by atoms with Gasteiger partial charge in [-0.1, -0.05) is 37.6 Å². The van der Waals surface area contributed by atoms with Crippen LogP contribution >= 0.6 is 11.6 Å². The zero-order valence-electron chi connectivity index (χ0n) is 11.0. The smallest absolute Gasteiger partial charge is 0.306 e. The summed E-state index contributed by atoms with van der Waals surface area (Å²) >= 11 is 5.94. The predicted molar refractivity (Wildman–Crippen MR) is 75.3 cm³/mol. The number of nitrogens with one attached hydrogen (secondary N) is 1. The van der Waals surface area contributed by atoms with E-state index in [1.54, 1.807) is 38.1 Å². The maximum atomic E-state index is 11.9. The molecule has 0 saturated heterocycles. The van der Waals surface area contributed by atoms with Gasteiger partial charge in [0.15, 0.2) is 0 Å². The molecule has 1 aromatic rings. The summed E-state index contributed by atoms with van der Waals surface area (Å²) in [6.45, 7) is 3.58. The van der Waals surface area contributed by atoms with Gasteiger partial charge >= 0.3 is 5.97 Å². The number of rotatable bonds is 6. The second-order valence-corrected chi connectivity index (χ2v) is 4.97. The molecule has 0 spiro atoms. The first-order valence-corrected chi connectivity index (χ1v) is 6.60. The summed E-state index contributed by atoms with van der Waals surface area (Å²) in [5.74, 6) is -1.80. The number of carboxylic acid groups (broad SMARTS) is 1. The highest BCUT2D eigenvalue weighted by molar-refractivity contribution is 6.33. The third kappa shape index (κ3) is 4.56. The van der Waals surface area contributed by atoms with Crippen molar-refractivity contribution in [2.75, 3.05) is 5.32 Å². The molecule has 0 radical (unpaired) electrons. The van der Waals surface area contributed by atoms with E-state index in [9.17, 15) is 9.59 Å². The van der Waals surface area contributed by atoms with Gasteiger partial charge in [0.2, 0.25) is 5.91 Å². The summed E-state index contributed by atoms with van der Waals surface area (Å²) < 4.78 is 0. The lowest BCUT2D eigenvalue weighted by molar-refractivity contribution is -0.143. The zero-order chi connectivity index (χ0) is 14.4. The molecule has 1 rings (SSSR count). The van der Waals surface area contributed by atoms with Gasteiger partial charge in [-0.2, -0.15) is 0 Å². The molecule has 2 atom stereocenters. The Morgan fingerprint density at radius 1 is 1.37 bits per heavy atom. The van der Waals surface area contributed by atoms with E-state index >= 15 is 0 Å². The van der Waals surface area contributed by atoms with Crippen molar-refractivity contribution in [3.05, 3.63) is 29.3 Å². The van der Waals surface area contributed by atoms with E-state index in [0.29, 0.717) is 17.1 Å². The average Bonchev–Trinajstić information content (AvgIpc) is 2.32. The molecule has 104 valence electrons. The standard InChI is InChI=1S/C14H18ClNO3/c1-3-10(14(18)19)9(2)8-13(17)16-12-7-5-4-6-11(12)15/h4-7,9-10H,3,8H2,1-2H3,(H,16,17)(H,18,19)/t9-,10+/m0/s1. The normalized spacial score (nSPS) is 13.6. The number of hydrogen-bond donors (Lipinski definition) is 2. The van der Waals surface area contributed by atoms with Crippen molar-refractivity contribution >= 4 is 29.2 Å². The molecule has 0 heterocycles. The molecule has 4 nitrogen and oxygen atoms in total. The first-order valence-electron chi connectivity index (χ1n) is 6.22. The van der Waals surface area contributed by atoms with Gasteiger partial charge in [-0.25, -0.2) is 0 Å². The molecule has 5 heteroatoms. The first-order chi connectivity index (χ1) is 8.95. The molecular formula is C14H18ClNO3. The largest absolute Gasteiger partial charge is 0.481 e. The highest BCUT2D eigenvalue weighted by atomic mass is 35.5. The number of amides is 1. The van der Waals surface area contributed by atoms with Gasteiger partial charge in [0.05, 0.1) is 16.6 Å². The van der Waals surface area contributed by atoms with E-state index in [2.05, 4.69) is 5.32 Å². The van der Waals surface area contributed by atoms with Crippen LogP contribution in [0.15, 0.2) is 24.3 Å². The lowest BCUT2D eigenvalue weighted by atomic mass is 9.89. The summed E-state index contributed by atoms with van der Waals surface area (Å²) in [6.07, 6.45) is 0.673. The van der Waals surface area contributed by atoms with E-state index < -0.39 is 11.9 Å². The van der Waals surface area contributed by atoms with Crippen molar-refractivity contribution in [2.24, 2.45) is 11.8 Å². The summed E-state index contributed by atoms with van der Waals surface area (Å²) in [7, 11) is 0. The van der Waals surface area contributed by atoms with Crippen molar-refractivity contribution in [1.82, 2.24) is 0 Å². The van der Waals surface area contributed by atoms with Gasteiger partial charge in [-0.15, -0.1) is 0 Å². The van der Waals surface area contributed by atoms with Gasteiger partial charge in [0, 0.05) is 6.42 Å². The zero-order valence-corrected chi connectivity index (χ0v) is 11.8. The van der Waals surface area contributed by atoms with E-state index in [4.69, 9.17) is 16.7 Å². The number of carbonyl (C=O) groups is 2. The maximum Gasteiger partial charge on any atom is 0.306 e. The Kier molecular flexibility index (Phi) is 5.83. The van der Waals surface area contributed by atoms with Gasteiger partial charge in [0.1, 0.15) is 0 Å². The van der Waals surface area contributed by atoms with Crippen molar-refractivity contribution in [2.45, 2.75) is 26.7 Å². The van der Waals surface area contributed by atoms with Gasteiger partial charge in [0.25, 0.3) is 0 Å². The summed E-state index contributed by atoms with van der Waals surface area (Å²) in [5.41, 5.74) is 0.546. The molecule has 0 aliphatic rings. The maximum absolute atomic E-state index is 11.9. The van der Waals surface area contributed by atoms with Crippen molar-refractivity contribution in [1.29, 1.82) is 0 Å². The second kappa shape index (κ2) is 7.14. The Morgan fingerprint density at radius 2 is 2.00 bits per heavy atom. The number of carbonyl (C=O) groups excluding carboxylic acids is 1. The Balaban J connectivity index is 2.61. The molecule has 1 amide bonds. The SMILES string of the molecule is CC[C@@H](C(=O)O)[C@@H](C)CC(=O)Nc1ccccc1Cl. The summed E-state index contributed by atoms with van der Waals surface area (Å²) in [6, 6.07) is 6.95. The lowest BCUT2D eigenvalue weighted by Gasteiger charge is -2.18. The number of aliphatic carboxylic acids is 1. The molecule has 0 aliphatic heterocycles. The summed E-state index contributed by atoms with van der Waals surface area (Å²) in [4.78, 5) is 22.9. The van der Waals surface area contributed by atoms with E-state index in [1.165, 1.54) is 0 Å². The molecular weight excluding hydrogens is 266 g/mol. The number of halogens is 1. The third-order valence-corrected chi connectivity index (χ3v) is 3.43. The number of benzene rings is 1. The van der Waals surface area contributed by atoms with Crippen LogP contribution in [0.2, 0.25) is 5.02 Å². The van der Waals surface area contributed by atoms with Gasteiger partial charge in [-0.3, -0.25) is 9.59 Å². The fourth-order valence-corrected chi connectivity index (χ4v) is 2.20. The van der Waals surface area contributed by atoms with Crippen LogP contribution in [0.3, 0.4) is 0 Å². The van der Waals surface area contributed by atoms with Gasteiger partial charge < -0.3 is 10.4 Å². The fraction of sp³-hybridized carbons (Fsp3) is 0.429. The number of hydrogen-bond acceptors (Lipinski definition) is 2. The Bertz CT molecular complexity index is 462. The van der Waals surface area contributed by atoms with Crippen LogP contribution in [0.5, 0.6) is 0 Å². The minimum atomic E-state index is -0.861. The van der Waals surface area contributed by atoms with Crippen LogP contribution in [0, 0.1) is 11.8 Å². The van der Waals surface area contributed by atoms with Crippen LogP contribution in [0.25, 0.3) is 0 Å². The van der Waals surface area contributed by atoms with E-state index in [0.717, 1.165) is 0 Å². The van der Waals surface area contributed by atoms with Crippen LogP contribution in [0.4, 0.5) is 5.69 Å². The highest BCUT2D eigenvalue weighted by Crippen LogP contribution is 2.23. The molecule has 19 heavy (non-hydrogen) atoms. The molecule has 0 unspecified atom stereocenters. The van der Waals surface area contributed by atoms with Crippen LogP contribution in [-0.4, -0.2) is 17.0 Å².